The van der Waals surface area contributed by atoms with Gasteiger partial charge < -0.3 is 10.1 Å². The summed E-state index contributed by atoms with van der Waals surface area (Å²) in [5.74, 6) is 0. The van der Waals surface area contributed by atoms with Crippen molar-refractivity contribution in [3.63, 3.8) is 0 Å². The van der Waals surface area contributed by atoms with Crippen molar-refractivity contribution in [1.29, 1.82) is 0 Å². The van der Waals surface area contributed by atoms with Gasteiger partial charge >= 0.3 is 0 Å². The fourth-order valence-electron chi connectivity index (χ4n) is 1.68. The molecule has 0 aliphatic heterocycles. The highest BCUT2D eigenvalue weighted by atomic mass is 32.2. The van der Waals surface area contributed by atoms with Gasteiger partial charge in [-0.1, -0.05) is 13.8 Å². The van der Waals surface area contributed by atoms with E-state index >= 15 is 0 Å². The Labute approximate surface area is 121 Å². The maximum atomic E-state index is 11.8. The van der Waals surface area contributed by atoms with Crippen LogP contribution >= 0.6 is 0 Å². The highest BCUT2D eigenvalue weighted by molar-refractivity contribution is 7.89. The van der Waals surface area contributed by atoms with Crippen LogP contribution in [0.1, 0.15) is 26.7 Å². The average Bonchev–Trinajstić information content (AvgIpc) is 2.43. The van der Waals surface area contributed by atoms with Gasteiger partial charge in [-0.3, -0.25) is 0 Å². The van der Waals surface area contributed by atoms with E-state index in [1.807, 2.05) is 0 Å². The predicted octanol–water partition coefficient (Wildman–Crippen LogP) is 2.21. The third-order valence-electron chi connectivity index (χ3n) is 2.64. The van der Waals surface area contributed by atoms with Crippen molar-refractivity contribution in [3.8, 4) is 0 Å². The minimum atomic E-state index is -3.36. The first-order chi connectivity index (χ1) is 9.60. The van der Waals surface area contributed by atoms with E-state index in [0.717, 1.165) is 38.3 Å². The summed E-state index contributed by atoms with van der Waals surface area (Å²) in [4.78, 5) is 0.288. The third-order valence-corrected chi connectivity index (χ3v) is 4.20. The molecule has 0 spiro atoms. The van der Waals surface area contributed by atoms with Crippen molar-refractivity contribution in [2.24, 2.45) is 0 Å². The lowest BCUT2D eigenvalue weighted by Gasteiger charge is -2.08. The van der Waals surface area contributed by atoms with Crippen LogP contribution in [0.3, 0.4) is 0 Å². The molecule has 0 fully saturated rings. The Bertz CT molecular complexity index is 472. The van der Waals surface area contributed by atoms with Crippen LogP contribution in [-0.4, -0.2) is 34.7 Å². The van der Waals surface area contributed by atoms with Gasteiger partial charge in [0.25, 0.3) is 0 Å². The molecular weight excluding hydrogens is 276 g/mol. The summed E-state index contributed by atoms with van der Waals surface area (Å²) in [5, 5.41) is 3.24. The molecule has 0 aliphatic carbocycles. The topological polar surface area (TPSA) is 67.4 Å². The van der Waals surface area contributed by atoms with Crippen molar-refractivity contribution < 1.29 is 13.2 Å². The van der Waals surface area contributed by atoms with Crippen LogP contribution in [0, 0.1) is 0 Å². The predicted molar refractivity (Wildman–Crippen MR) is 81.5 cm³/mol. The van der Waals surface area contributed by atoms with Crippen LogP contribution < -0.4 is 10.0 Å². The fraction of sp³-hybridized carbons (Fsp3) is 0.571. The molecule has 0 aromatic heterocycles. The molecule has 20 heavy (non-hydrogen) atoms. The summed E-state index contributed by atoms with van der Waals surface area (Å²) < 4.78 is 31.4. The molecule has 6 heteroatoms. The van der Waals surface area contributed by atoms with Crippen LogP contribution in [-0.2, 0) is 14.8 Å². The Hall–Kier alpha value is -1.11. The molecule has 0 radical (unpaired) electrons. The molecule has 114 valence electrons. The lowest BCUT2D eigenvalue weighted by Crippen LogP contribution is -2.23. The first kappa shape index (κ1) is 16.9. The van der Waals surface area contributed by atoms with E-state index < -0.39 is 10.0 Å². The Morgan fingerprint density at radius 3 is 2.40 bits per heavy atom. The number of sulfonamides is 1. The summed E-state index contributed by atoms with van der Waals surface area (Å²) in [6, 6.07) is 6.76. The number of ether oxygens (including phenoxy) is 1. The molecular formula is C14H24N2O3S. The molecule has 0 aliphatic rings. The van der Waals surface area contributed by atoms with Crippen LogP contribution in [0.25, 0.3) is 0 Å². The molecule has 0 atom stereocenters. The molecule has 1 aromatic carbocycles. The zero-order valence-electron chi connectivity index (χ0n) is 12.2. The van der Waals surface area contributed by atoms with Crippen molar-refractivity contribution >= 4 is 15.7 Å². The molecule has 0 unspecified atom stereocenters. The fourth-order valence-corrected chi connectivity index (χ4v) is 2.72. The minimum Gasteiger partial charge on any atom is -0.385 e. The van der Waals surface area contributed by atoms with E-state index in [4.69, 9.17) is 4.74 Å². The average molecular weight is 300 g/mol. The normalized spacial score (nSPS) is 11.5. The van der Waals surface area contributed by atoms with E-state index in [1.54, 1.807) is 31.2 Å². The molecule has 0 saturated carbocycles. The van der Waals surface area contributed by atoms with E-state index in [0.29, 0.717) is 6.54 Å². The van der Waals surface area contributed by atoms with Gasteiger partial charge in [-0.05, 0) is 37.1 Å². The van der Waals surface area contributed by atoms with E-state index in [1.165, 1.54) is 0 Å². The second-order valence-corrected chi connectivity index (χ2v) is 6.19. The minimum absolute atomic E-state index is 0.288. The first-order valence-corrected chi connectivity index (χ1v) is 8.49. The SMILES string of the molecule is CCCOCCCNc1ccc(S(=O)(=O)NCC)cc1. The van der Waals surface area contributed by atoms with Gasteiger partial charge in [0.15, 0.2) is 0 Å². The lowest BCUT2D eigenvalue weighted by atomic mass is 10.3. The summed E-state index contributed by atoms with van der Waals surface area (Å²) in [5.41, 5.74) is 0.913. The van der Waals surface area contributed by atoms with Crippen LogP contribution in [0.15, 0.2) is 29.2 Å². The maximum Gasteiger partial charge on any atom is 0.240 e. The standard InChI is InChI=1S/C14H24N2O3S/c1-3-11-19-12-5-10-15-13-6-8-14(9-7-13)20(17,18)16-4-2/h6-9,15-16H,3-5,10-12H2,1-2H3. The smallest absolute Gasteiger partial charge is 0.240 e. The Morgan fingerprint density at radius 1 is 1.10 bits per heavy atom. The quantitative estimate of drug-likeness (QED) is 0.650. The van der Waals surface area contributed by atoms with Gasteiger partial charge in [0.1, 0.15) is 0 Å². The van der Waals surface area contributed by atoms with Crippen LogP contribution in [0.5, 0.6) is 0 Å². The van der Waals surface area contributed by atoms with Gasteiger partial charge in [-0.25, -0.2) is 13.1 Å². The number of hydrogen-bond acceptors (Lipinski definition) is 4. The summed E-state index contributed by atoms with van der Waals surface area (Å²) in [6.45, 7) is 6.59. The highest BCUT2D eigenvalue weighted by Crippen LogP contribution is 2.13. The molecule has 0 amide bonds. The first-order valence-electron chi connectivity index (χ1n) is 7.01. The van der Waals surface area contributed by atoms with E-state index in [-0.39, 0.29) is 4.90 Å². The number of benzene rings is 1. The maximum absolute atomic E-state index is 11.8. The Kier molecular flexibility index (Phi) is 7.58. The number of anilines is 1. The van der Waals surface area contributed by atoms with Crippen LogP contribution in [0.4, 0.5) is 5.69 Å². The number of hydrogen-bond donors (Lipinski definition) is 2. The second-order valence-electron chi connectivity index (χ2n) is 4.42. The molecule has 5 nitrogen and oxygen atoms in total. The van der Waals surface area contributed by atoms with Crippen LogP contribution in [0.2, 0.25) is 0 Å². The summed E-state index contributed by atoms with van der Waals surface area (Å²) in [7, 11) is -3.36. The zero-order valence-corrected chi connectivity index (χ0v) is 13.0. The number of nitrogens with one attached hydrogen (secondary N) is 2. The highest BCUT2D eigenvalue weighted by Gasteiger charge is 2.11. The molecule has 1 aromatic rings. The van der Waals surface area contributed by atoms with Gasteiger partial charge in [0, 0.05) is 32.0 Å². The lowest BCUT2D eigenvalue weighted by molar-refractivity contribution is 0.134. The molecule has 0 bridgehead atoms. The molecule has 0 saturated heterocycles. The Balaban J connectivity index is 2.39. The van der Waals surface area contributed by atoms with Gasteiger partial charge in [-0.15, -0.1) is 0 Å². The second kappa shape index (κ2) is 8.94. The molecule has 2 N–H and O–H groups in total. The van der Waals surface area contributed by atoms with Crippen molar-refractivity contribution in [2.75, 3.05) is 31.6 Å². The van der Waals surface area contributed by atoms with Crippen molar-refractivity contribution in [2.45, 2.75) is 31.6 Å². The Morgan fingerprint density at radius 2 is 1.80 bits per heavy atom. The molecule has 1 rings (SSSR count). The van der Waals surface area contributed by atoms with E-state index in [2.05, 4.69) is 17.0 Å². The summed E-state index contributed by atoms with van der Waals surface area (Å²) >= 11 is 0. The van der Waals surface area contributed by atoms with Gasteiger partial charge in [0.05, 0.1) is 4.90 Å². The van der Waals surface area contributed by atoms with E-state index in [9.17, 15) is 8.42 Å². The van der Waals surface area contributed by atoms with Gasteiger partial charge in [-0.2, -0.15) is 0 Å². The van der Waals surface area contributed by atoms with Crippen molar-refractivity contribution in [3.05, 3.63) is 24.3 Å². The zero-order chi connectivity index (χ0) is 14.8. The third kappa shape index (κ3) is 5.90. The van der Waals surface area contributed by atoms with Gasteiger partial charge in [0.2, 0.25) is 10.0 Å². The molecule has 0 heterocycles. The number of rotatable bonds is 10. The monoisotopic (exact) mass is 300 g/mol. The summed E-state index contributed by atoms with van der Waals surface area (Å²) in [6.07, 6.45) is 1.96. The largest absolute Gasteiger partial charge is 0.385 e. The van der Waals surface area contributed by atoms with Crippen molar-refractivity contribution in [1.82, 2.24) is 4.72 Å².